The second kappa shape index (κ2) is 9.93. The Hall–Kier alpha value is -2.61. The Balaban J connectivity index is 1.44. The van der Waals surface area contributed by atoms with Gasteiger partial charge >= 0.3 is 0 Å². The zero-order chi connectivity index (χ0) is 20.8. The van der Waals surface area contributed by atoms with Crippen LogP contribution in [0, 0.1) is 0 Å². The number of rotatable bonds is 6. The van der Waals surface area contributed by atoms with E-state index in [1.54, 1.807) is 4.90 Å². The van der Waals surface area contributed by atoms with Crippen LogP contribution in [0.3, 0.4) is 0 Å². The van der Waals surface area contributed by atoms with Crippen LogP contribution in [0.15, 0.2) is 64.4 Å². The van der Waals surface area contributed by atoms with Gasteiger partial charge in [-0.2, -0.15) is 0 Å². The molecule has 1 fully saturated rings. The summed E-state index contributed by atoms with van der Waals surface area (Å²) in [6.45, 7) is 4.60. The van der Waals surface area contributed by atoms with Gasteiger partial charge in [0.2, 0.25) is 5.91 Å². The molecule has 1 N–H and O–H groups in total. The molecule has 0 aliphatic carbocycles. The van der Waals surface area contributed by atoms with Gasteiger partial charge in [0.15, 0.2) is 0 Å². The summed E-state index contributed by atoms with van der Waals surface area (Å²) in [5.41, 5.74) is 1.74. The maximum atomic E-state index is 13.2. The Morgan fingerprint density at radius 1 is 1.07 bits per heavy atom. The standard InChI is InChI=1S/C23H25N3O3S/c27-22(24-10-11-25-12-14-29-15-13-25)17-26-19-8-4-5-9-20(19)30-21(23(26)28)16-18-6-2-1-3-7-18/h1-9,16H,10-15,17H2,(H,24,27)/b21-16-. The van der Waals surface area contributed by atoms with Crippen LogP contribution in [0.25, 0.3) is 6.08 Å². The molecule has 2 aromatic rings. The van der Waals surface area contributed by atoms with Crippen LogP contribution in [0.4, 0.5) is 5.69 Å². The molecule has 2 aromatic carbocycles. The molecule has 2 aliphatic rings. The summed E-state index contributed by atoms with van der Waals surface area (Å²) in [4.78, 5) is 31.2. The lowest BCUT2D eigenvalue weighted by atomic mass is 10.2. The van der Waals surface area contributed by atoms with E-state index in [1.165, 1.54) is 11.8 Å². The Labute approximate surface area is 180 Å². The lowest BCUT2D eigenvalue weighted by Crippen LogP contribution is -2.45. The number of amides is 2. The molecule has 0 saturated carbocycles. The molecule has 0 radical (unpaired) electrons. The molecule has 6 nitrogen and oxygen atoms in total. The number of benzene rings is 2. The van der Waals surface area contributed by atoms with Crippen LogP contribution in [-0.2, 0) is 14.3 Å². The fourth-order valence-corrected chi connectivity index (χ4v) is 4.56. The zero-order valence-electron chi connectivity index (χ0n) is 16.8. The van der Waals surface area contributed by atoms with Crippen LogP contribution >= 0.6 is 11.8 Å². The van der Waals surface area contributed by atoms with E-state index in [0.29, 0.717) is 11.4 Å². The van der Waals surface area contributed by atoms with E-state index in [4.69, 9.17) is 4.74 Å². The number of carbonyl (C=O) groups is 2. The molecular weight excluding hydrogens is 398 g/mol. The first kappa shape index (κ1) is 20.7. The van der Waals surface area contributed by atoms with Crippen molar-refractivity contribution in [3.05, 3.63) is 65.1 Å². The zero-order valence-corrected chi connectivity index (χ0v) is 17.6. The highest BCUT2D eigenvalue weighted by atomic mass is 32.2. The predicted octanol–water partition coefficient (Wildman–Crippen LogP) is 2.61. The number of nitrogens with zero attached hydrogens (tertiary/aromatic N) is 2. The van der Waals surface area contributed by atoms with Gasteiger partial charge in [-0.1, -0.05) is 54.2 Å². The Morgan fingerprint density at radius 3 is 2.60 bits per heavy atom. The minimum atomic E-state index is -0.155. The Kier molecular flexibility index (Phi) is 6.84. The fraction of sp³-hybridized carbons (Fsp3) is 0.304. The molecule has 0 unspecified atom stereocenters. The average molecular weight is 424 g/mol. The molecule has 1 saturated heterocycles. The highest BCUT2D eigenvalue weighted by Gasteiger charge is 2.30. The van der Waals surface area contributed by atoms with Gasteiger partial charge in [-0.15, -0.1) is 0 Å². The third-order valence-corrected chi connectivity index (χ3v) is 6.16. The first-order valence-corrected chi connectivity index (χ1v) is 10.9. The van der Waals surface area contributed by atoms with Crippen LogP contribution in [-0.4, -0.2) is 62.7 Å². The van der Waals surface area contributed by atoms with E-state index in [2.05, 4.69) is 10.2 Å². The SMILES string of the molecule is O=C(CN1C(=O)/C(=C/c2ccccc2)Sc2ccccc21)NCCN1CCOCC1. The highest BCUT2D eigenvalue weighted by molar-refractivity contribution is 8.04. The molecule has 156 valence electrons. The molecule has 7 heteroatoms. The molecule has 2 amide bonds. The van der Waals surface area contributed by atoms with E-state index < -0.39 is 0 Å². The number of anilines is 1. The molecular formula is C23H25N3O3S. The first-order chi connectivity index (χ1) is 14.7. The number of hydrogen-bond donors (Lipinski definition) is 1. The van der Waals surface area contributed by atoms with Crippen molar-refractivity contribution in [3.63, 3.8) is 0 Å². The fourth-order valence-electron chi connectivity index (χ4n) is 3.50. The summed E-state index contributed by atoms with van der Waals surface area (Å²) in [5, 5.41) is 2.95. The molecule has 0 aromatic heterocycles. The maximum Gasteiger partial charge on any atom is 0.265 e. The summed E-state index contributed by atoms with van der Waals surface area (Å²) in [6, 6.07) is 17.5. The number of ether oxygens (including phenoxy) is 1. The van der Waals surface area contributed by atoms with Crippen molar-refractivity contribution >= 4 is 35.3 Å². The minimum absolute atomic E-state index is 0.00560. The van der Waals surface area contributed by atoms with Crippen molar-refractivity contribution in [2.45, 2.75) is 4.90 Å². The molecule has 4 rings (SSSR count). The van der Waals surface area contributed by atoms with Crippen molar-refractivity contribution in [1.29, 1.82) is 0 Å². The highest BCUT2D eigenvalue weighted by Crippen LogP contribution is 2.41. The van der Waals surface area contributed by atoms with Crippen molar-refractivity contribution in [2.75, 3.05) is 50.8 Å². The summed E-state index contributed by atoms with van der Waals surface area (Å²) in [6.07, 6.45) is 1.88. The Morgan fingerprint density at radius 2 is 1.80 bits per heavy atom. The van der Waals surface area contributed by atoms with E-state index in [0.717, 1.165) is 49.0 Å². The van der Waals surface area contributed by atoms with Gasteiger partial charge in [0.1, 0.15) is 6.54 Å². The average Bonchev–Trinajstić information content (AvgIpc) is 2.78. The second-order valence-corrected chi connectivity index (χ2v) is 8.27. The van der Waals surface area contributed by atoms with E-state index in [9.17, 15) is 9.59 Å². The molecule has 0 atom stereocenters. The van der Waals surface area contributed by atoms with Gasteiger partial charge in [-0.25, -0.2) is 0 Å². The van der Waals surface area contributed by atoms with Gasteiger partial charge in [0.05, 0.1) is 23.8 Å². The summed E-state index contributed by atoms with van der Waals surface area (Å²) < 4.78 is 5.34. The molecule has 0 spiro atoms. The number of hydrogen-bond acceptors (Lipinski definition) is 5. The van der Waals surface area contributed by atoms with Gasteiger partial charge in [-0.3, -0.25) is 19.4 Å². The topological polar surface area (TPSA) is 61.9 Å². The van der Waals surface area contributed by atoms with E-state index in [1.807, 2.05) is 60.7 Å². The number of morpholine rings is 1. The number of nitrogens with one attached hydrogen (secondary N) is 1. The van der Waals surface area contributed by atoms with Gasteiger partial charge in [0.25, 0.3) is 5.91 Å². The largest absolute Gasteiger partial charge is 0.379 e. The van der Waals surface area contributed by atoms with Crippen molar-refractivity contribution in [3.8, 4) is 0 Å². The van der Waals surface area contributed by atoms with Crippen molar-refractivity contribution in [2.24, 2.45) is 0 Å². The molecule has 2 aliphatic heterocycles. The minimum Gasteiger partial charge on any atom is -0.379 e. The molecule has 0 bridgehead atoms. The van der Waals surface area contributed by atoms with Gasteiger partial charge < -0.3 is 10.1 Å². The summed E-state index contributed by atoms with van der Waals surface area (Å²) >= 11 is 1.45. The van der Waals surface area contributed by atoms with E-state index in [-0.39, 0.29) is 18.4 Å². The predicted molar refractivity (Wildman–Crippen MR) is 119 cm³/mol. The lowest BCUT2D eigenvalue weighted by molar-refractivity contribution is -0.122. The normalized spacial score (nSPS) is 18.3. The second-order valence-electron chi connectivity index (χ2n) is 7.18. The third-order valence-electron chi connectivity index (χ3n) is 5.08. The Bertz CT molecular complexity index is 926. The van der Waals surface area contributed by atoms with Crippen LogP contribution in [0.2, 0.25) is 0 Å². The molecule has 2 heterocycles. The smallest absolute Gasteiger partial charge is 0.265 e. The maximum absolute atomic E-state index is 13.2. The third kappa shape index (κ3) is 5.11. The number of fused-ring (bicyclic) bond motifs is 1. The monoisotopic (exact) mass is 423 g/mol. The van der Waals surface area contributed by atoms with Crippen LogP contribution in [0.5, 0.6) is 0 Å². The number of para-hydroxylation sites is 1. The lowest BCUT2D eigenvalue weighted by Gasteiger charge is -2.30. The van der Waals surface area contributed by atoms with E-state index >= 15 is 0 Å². The number of carbonyl (C=O) groups excluding carboxylic acids is 2. The van der Waals surface area contributed by atoms with Crippen LogP contribution in [0.1, 0.15) is 5.56 Å². The quantitative estimate of drug-likeness (QED) is 0.724. The van der Waals surface area contributed by atoms with Crippen LogP contribution < -0.4 is 10.2 Å². The van der Waals surface area contributed by atoms with Gasteiger partial charge in [0, 0.05) is 31.1 Å². The van der Waals surface area contributed by atoms with Crippen molar-refractivity contribution < 1.29 is 14.3 Å². The number of thioether (sulfide) groups is 1. The first-order valence-electron chi connectivity index (χ1n) is 10.1. The molecule has 30 heavy (non-hydrogen) atoms. The summed E-state index contributed by atoms with van der Waals surface area (Å²) in [7, 11) is 0. The van der Waals surface area contributed by atoms with Crippen molar-refractivity contribution in [1.82, 2.24) is 10.2 Å². The van der Waals surface area contributed by atoms with Gasteiger partial charge in [-0.05, 0) is 23.8 Å². The summed E-state index contributed by atoms with van der Waals surface area (Å²) in [5.74, 6) is -0.303.